The predicted molar refractivity (Wildman–Crippen MR) is 133 cm³/mol. The zero-order valence-corrected chi connectivity index (χ0v) is 20.5. The molecule has 184 valence electrons. The molecule has 1 aliphatic rings. The fraction of sp³-hybridized carbons (Fsp3) is 0.370. The zero-order chi connectivity index (χ0) is 24.8. The van der Waals surface area contributed by atoms with Crippen molar-refractivity contribution in [2.45, 2.75) is 38.9 Å². The first-order valence-corrected chi connectivity index (χ1v) is 11.9. The minimum Gasteiger partial charge on any atom is -0.496 e. The third kappa shape index (κ3) is 5.07. The van der Waals surface area contributed by atoms with Gasteiger partial charge < -0.3 is 19.7 Å². The lowest BCUT2D eigenvalue weighted by atomic mass is 9.94. The molecule has 0 fully saturated rings. The molecule has 0 unspecified atom stereocenters. The summed E-state index contributed by atoms with van der Waals surface area (Å²) < 4.78 is 12.5. The molecule has 1 N–H and O–H groups in total. The second-order valence-corrected chi connectivity index (χ2v) is 8.71. The van der Waals surface area contributed by atoms with Crippen LogP contribution in [0.5, 0.6) is 5.75 Å². The van der Waals surface area contributed by atoms with E-state index in [2.05, 4.69) is 10.4 Å². The van der Waals surface area contributed by atoms with E-state index in [4.69, 9.17) is 9.47 Å². The Bertz CT molecular complexity index is 1180. The molecule has 0 saturated carbocycles. The molecule has 2 amide bonds. The number of nitrogens with zero attached hydrogens (tertiary/aromatic N) is 3. The van der Waals surface area contributed by atoms with Crippen LogP contribution in [0, 0.1) is 0 Å². The highest BCUT2D eigenvalue weighted by Gasteiger charge is 2.47. The van der Waals surface area contributed by atoms with Crippen molar-refractivity contribution < 1.29 is 19.1 Å². The van der Waals surface area contributed by atoms with Crippen molar-refractivity contribution in [2.24, 2.45) is 0 Å². The lowest BCUT2D eigenvalue weighted by Crippen LogP contribution is -2.64. The Labute approximate surface area is 205 Å². The Morgan fingerprint density at radius 2 is 1.89 bits per heavy atom. The van der Waals surface area contributed by atoms with Crippen LogP contribution in [-0.2, 0) is 22.6 Å². The summed E-state index contributed by atoms with van der Waals surface area (Å²) in [5, 5.41) is 7.70. The highest BCUT2D eigenvalue weighted by molar-refractivity contribution is 6.00. The van der Waals surface area contributed by atoms with Crippen LogP contribution >= 0.6 is 0 Å². The van der Waals surface area contributed by atoms with Gasteiger partial charge in [-0.2, -0.15) is 5.10 Å². The number of benzene rings is 2. The molecule has 0 aliphatic carbocycles. The minimum absolute atomic E-state index is 0.211. The molecule has 3 aromatic rings. The number of aromatic nitrogens is 2. The molecule has 0 spiro atoms. The smallest absolute Gasteiger partial charge is 0.273 e. The standard InChI is InChI=1S/C27H32N4O4/c1-4-35-16-10-15-30-25(32)23-17-22(20-11-6-5-7-12-20)29-31(23)19-27(30,2)26(33)28-18-21-13-8-9-14-24(21)34-3/h5-9,11-14,17H,4,10,15-16,18-19H2,1-3H3,(H,28,33)/t27-/m1/s1. The number of amides is 2. The maximum absolute atomic E-state index is 13.6. The fourth-order valence-electron chi connectivity index (χ4n) is 4.43. The largest absolute Gasteiger partial charge is 0.496 e. The fourth-order valence-corrected chi connectivity index (χ4v) is 4.43. The van der Waals surface area contributed by atoms with Crippen molar-refractivity contribution in [3.8, 4) is 17.0 Å². The molecule has 0 radical (unpaired) electrons. The average molecular weight is 477 g/mol. The number of rotatable bonds is 10. The summed E-state index contributed by atoms with van der Waals surface area (Å²) in [4.78, 5) is 28.9. The van der Waals surface area contributed by atoms with Crippen LogP contribution in [0.4, 0.5) is 0 Å². The molecule has 4 rings (SSSR count). The van der Waals surface area contributed by atoms with Gasteiger partial charge in [-0.25, -0.2) is 0 Å². The monoisotopic (exact) mass is 476 g/mol. The molecule has 0 saturated heterocycles. The summed E-state index contributed by atoms with van der Waals surface area (Å²) in [5.74, 6) is 0.251. The molecular formula is C27H32N4O4. The summed E-state index contributed by atoms with van der Waals surface area (Å²) in [7, 11) is 1.60. The van der Waals surface area contributed by atoms with E-state index < -0.39 is 5.54 Å². The second kappa shape index (κ2) is 10.7. The number of methoxy groups -OCH3 is 1. The summed E-state index contributed by atoms with van der Waals surface area (Å²) in [5.41, 5.74) is 1.87. The quantitative estimate of drug-likeness (QED) is 0.453. The maximum atomic E-state index is 13.6. The van der Waals surface area contributed by atoms with Gasteiger partial charge in [0.1, 0.15) is 17.0 Å². The van der Waals surface area contributed by atoms with Crippen LogP contribution in [0.2, 0.25) is 0 Å². The van der Waals surface area contributed by atoms with E-state index in [0.29, 0.717) is 49.9 Å². The highest BCUT2D eigenvalue weighted by Crippen LogP contribution is 2.30. The number of ether oxygens (including phenoxy) is 2. The van der Waals surface area contributed by atoms with E-state index in [1.165, 1.54) is 0 Å². The predicted octanol–water partition coefficient (Wildman–Crippen LogP) is 3.52. The van der Waals surface area contributed by atoms with Gasteiger partial charge in [0.25, 0.3) is 5.91 Å². The molecule has 8 nitrogen and oxygen atoms in total. The van der Waals surface area contributed by atoms with Crippen LogP contribution in [0.1, 0.15) is 36.3 Å². The van der Waals surface area contributed by atoms with Crippen LogP contribution in [0.3, 0.4) is 0 Å². The van der Waals surface area contributed by atoms with Gasteiger partial charge in [0, 0.05) is 37.4 Å². The van der Waals surface area contributed by atoms with Crippen molar-refractivity contribution in [3.05, 3.63) is 71.9 Å². The van der Waals surface area contributed by atoms with Crippen molar-refractivity contribution in [3.63, 3.8) is 0 Å². The molecule has 0 bridgehead atoms. The lowest BCUT2D eigenvalue weighted by Gasteiger charge is -2.43. The van der Waals surface area contributed by atoms with Crippen molar-refractivity contribution in [2.75, 3.05) is 26.9 Å². The van der Waals surface area contributed by atoms with Gasteiger partial charge in [0.05, 0.1) is 19.3 Å². The van der Waals surface area contributed by atoms with Gasteiger partial charge in [-0.05, 0) is 32.4 Å². The van der Waals surface area contributed by atoms with Crippen LogP contribution < -0.4 is 10.1 Å². The van der Waals surface area contributed by atoms with Crippen molar-refractivity contribution in [1.82, 2.24) is 20.0 Å². The molecule has 2 aromatic carbocycles. The number of carbonyl (C=O) groups is 2. The maximum Gasteiger partial charge on any atom is 0.273 e. The van der Waals surface area contributed by atoms with Gasteiger partial charge in [0.2, 0.25) is 5.91 Å². The Morgan fingerprint density at radius 3 is 2.63 bits per heavy atom. The number of nitrogens with one attached hydrogen (secondary N) is 1. The summed E-state index contributed by atoms with van der Waals surface area (Å²) >= 11 is 0. The van der Waals surface area contributed by atoms with E-state index in [1.807, 2.05) is 61.5 Å². The lowest BCUT2D eigenvalue weighted by molar-refractivity contribution is -0.133. The molecule has 2 heterocycles. The molecule has 8 heteroatoms. The van der Waals surface area contributed by atoms with E-state index >= 15 is 0 Å². The SMILES string of the molecule is CCOCCCN1C(=O)c2cc(-c3ccccc3)nn2C[C@]1(C)C(=O)NCc1ccccc1OC. The summed E-state index contributed by atoms with van der Waals surface area (Å²) in [6.07, 6.45) is 0.634. The Balaban J connectivity index is 1.61. The topological polar surface area (TPSA) is 85.7 Å². The van der Waals surface area contributed by atoms with Crippen LogP contribution in [-0.4, -0.2) is 58.9 Å². The first-order chi connectivity index (χ1) is 17.0. The summed E-state index contributed by atoms with van der Waals surface area (Å²) in [6, 6.07) is 19.1. The second-order valence-electron chi connectivity index (χ2n) is 8.71. The summed E-state index contributed by atoms with van der Waals surface area (Å²) in [6.45, 7) is 5.82. The van der Waals surface area contributed by atoms with Gasteiger partial charge >= 0.3 is 0 Å². The first-order valence-electron chi connectivity index (χ1n) is 11.9. The molecule has 1 aliphatic heterocycles. The average Bonchev–Trinajstić information content (AvgIpc) is 3.31. The van der Waals surface area contributed by atoms with Gasteiger partial charge in [-0.3, -0.25) is 14.3 Å². The number of fused-ring (bicyclic) bond motifs is 1. The van der Waals surface area contributed by atoms with Gasteiger partial charge in [-0.15, -0.1) is 0 Å². The third-order valence-corrected chi connectivity index (χ3v) is 6.36. The third-order valence-electron chi connectivity index (χ3n) is 6.36. The van der Waals surface area contributed by atoms with E-state index in [0.717, 1.165) is 11.1 Å². The normalized spacial score (nSPS) is 17.2. The highest BCUT2D eigenvalue weighted by atomic mass is 16.5. The zero-order valence-electron chi connectivity index (χ0n) is 20.5. The van der Waals surface area contributed by atoms with Crippen LogP contribution in [0.25, 0.3) is 11.3 Å². The molecular weight excluding hydrogens is 444 g/mol. The Hall–Kier alpha value is -3.65. The van der Waals surface area contributed by atoms with Crippen molar-refractivity contribution in [1.29, 1.82) is 0 Å². The van der Waals surface area contributed by atoms with E-state index in [9.17, 15) is 9.59 Å². The number of carbonyl (C=O) groups excluding carboxylic acids is 2. The molecule has 35 heavy (non-hydrogen) atoms. The first kappa shape index (κ1) is 24.5. The Morgan fingerprint density at radius 1 is 1.14 bits per heavy atom. The number of hydrogen-bond acceptors (Lipinski definition) is 5. The minimum atomic E-state index is -1.11. The van der Waals surface area contributed by atoms with E-state index in [1.54, 1.807) is 29.7 Å². The molecule has 1 atom stereocenters. The number of para-hydroxylation sites is 1. The van der Waals surface area contributed by atoms with E-state index in [-0.39, 0.29) is 18.4 Å². The van der Waals surface area contributed by atoms with Crippen molar-refractivity contribution >= 4 is 11.8 Å². The Kier molecular flexibility index (Phi) is 7.51. The number of hydrogen-bond donors (Lipinski definition) is 1. The van der Waals surface area contributed by atoms with Crippen LogP contribution in [0.15, 0.2) is 60.7 Å². The van der Waals surface area contributed by atoms with Gasteiger partial charge in [-0.1, -0.05) is 48.5 Å². The molecule has 1 aromatic heterocycles. The van der Waals surface area contributed by atoms with Gasteiger partial charge in [0.15, 0.2) is 0 Å².